The Kier molecular flexibility index (Phi) is 9.26. The minimum Gasteiger partial charge on any atom is -0.385 e. The van der Waals surface area contributed by atoms with Gasteiger partial charge in [-0.2, -0.15) is 0 Å². The van der Waals surface area contributed by atoms with E-state index in [4.69, 9.17) is 9.47 Å². The van der Waals surface area contributed by atoms with Crippen molar-refractivity contribution in [1.29, 1.82) is 0 Å². The second kappa shape index (κ2) is 10.7. The summed E-state index contributed by atoms with van der Waals surface area (Å²) in [4.78, 5) is 2.43. The lowest BCUT2D eigenvalue weighted by Gasteiger charge is -2.27. The Balaban J connectivity index is 2.61. The standard InChI is InChI=1S/C17H30N2O2/c1-15-6-8-16(9-7-15)17(18-2)14-19(11-13-21-4)10-5-12-20-3/h6-9,17-18H,5,10-14H2,1-4H3. The van der Waals surface area contributed by atoms with E-state index in [2.05, 4.69) is 41.4 Å². The molecule has 0 fully saturated rings. The van der Waals surface area contributed by atoms with Crippen molar-refractivity contribution in [2.75, 3.05) is 54.1 Å². The summed E-state index contributed by atoms with van der Waals surface area (Å²) in [5.41, 5.74) is 2.63. The molecule has 1 aromatic rings. The molecule has 0 saturated carbocycles. The van der Waals surface area contributed by atoms with Crippen molar-refractivity contribution in [1.82, 2.24) is 10.2 Å². The fraction of sp³-hybridized carbons (Fsp3) is 0.647. The van der Waals surface area contributed by atoms with Gasteiger partial charge >= 0.3 is 0 Å². The van der Waals surface area contributed by atoms with Gasteiger partial charge in [0.25, 0.3) is 0 Å². The predicted molar refractivity (Wildman–Crippen MR) is 87.8 cm³/mol. The van der Waals surface area contributed by atoms with E-state index in [-0.39, 0.29) is 0 Å². The lowest BCUT2D eigenvalue weighted by atomic mass is 10.0. The molecule has 0 bridgehead atoms. The second-order valence-corrected chi connectivity index (χ2v) is 5.39. The summed E-state index contributed by atoms with van der Waals surface area (Å²) in [6.45, 7) is 6.64. The zero-order valence-corrected chi connectivity index (χ0v) is 13.9. The molecule has 4 heteroatoms. The van der Waals surface area contributed by atoms with Crippen molar-refractivity contribution in [3.8, 4) is 0 Å². The van der Waals surface area contributed by atoms with Gasteiger partial charge in [-0.05, 0) is 26.0 Å². The molecular weight excluding hydrogens is 264 g/mol. The molecular formula is C17H30N2O2. The highest BCUT2D eigenvalue weighted by Gasteiger charge is 2.14. The first-order valence-corrected chi connectivity index (χ1v) is 7.65. The molecule has 1 rings (SSSR count). The van der Waals surface area contributed by atoms with Crippen molar-refractivity contribution in [3.63, 3.8) is 0 Å². The summed E-state index contributed by atoms with van der Waals surface area (Å²) in [5, 5.41) is 3.42. The first-order chi connectivity index (χ1) is 10.2. The van der Waals surface area contributed by atoms with Crippen molar-refractivity contribution in [3.05, 3.63) is 35.4 Å². The number of ether oxygens (including phenoxy) is 2. The third kappa shape index (κ3) is 7.05. The van der Waals surface area contributed by atoms with E-state index in [1.54, 1.807) is 14.2 Å². The lowest BCUT2D eigenvalue weighted by molar-refractivity contribution is 0.127. The summed E-state index contributed by atoms with van der Waals surface area (Å²) >= 11 is 0. The maximum atomic E-state index is 5.22. The number of likely N-dealkylation sites (N-methyl/N-ethyl adjacent to an activating group) is 1. The summed E-state index contributed by atoms with van der Waals surface area (Å²) in [7, 11) is 5.53. The molecule has 0 saturated heterocycles. The van der Waals surface area contributed by atoms with Gasteiger partial charge in [0.15, 0.2) is 0 Å². The Morgan fingerprint density at radius 2 is 1.71 bits per heavy atom. The SMILES string of the molecule is CNC(CN(CCCOC)CCOC)c1ccc(C)cc1. The highest BCUT2D eigenvalue weighted by Crippen LogP contribution is 2.15. The van der Waals surface area contributed by atoms with Crippen LogP contribution in [0.1, 0.15) is 23.6 Å². The van der Waals surface area contributed by atoms with Crippen LogP contribution in [0.25, 0.3) is 0 Å². The van der Waals surface area contributed by atoms with Crippen LogP contribution in [0.5, 0.6) is 0 Å². The zero-order valence-electron chi connectivity index (χ0n) is 13.9. The number of aryl methyl sites for hydroxylation is 1. The van der Waals surface area contributed by atoms with Gasteiger partial charge in [-0.1, -0.05) is 29.8 Å². The van der Waals surface area contributed by atoms with Crippen LogP contribution < -0.4 is 5.32 Å². The van der Waals surface area contributed by atoms with Gasteiger partial charge in [0.05, 0.1) is 6.61 Å². The Morgan fingerprint density at radius 1 is 1.05 bits per heavy atom. The minimum absolute atomic E-state index is 0.338. The fourth-order valence-corrected chi connectivity index (χ4v) is 2.37. The topological polar surface area (TPSA) is 33.7 Å². The third-order valence-corrected chi connectivity index (χ3v) is 3.70. The number of nitrogens with zero attached hydrogens (tertiary/aromatic N) is 1. The highest BCUT2D eigenvalue weighted by atomic mass is 16.5. The average Bonchev–Trinajstić information content (AvgIpc) is 2.50. The number of hydrogen-bond acceptors (Lipinski definition) is 4. The van der Waals surface area contributed by atoms with E-state index in [9.17, 15) is 0 Å². The molecule has 0 radical (unpaired) electrons. The molecule has 1 atom stereocenters. The van der Waals surface area contributed by atoms with Gasteiger partial charge < -0.3 is 14.8 Å². The van der Waals surface area contributed by atoms with Crippen LogP contribution in [0.15, 0.2) is 24.3 Å². The van der Waals surface area contributed by atoms with Gasteiger partial charge in [0, 0.05) is 46.5 Å². The van der Waals surface area contributed by atoms with Crippen LogP contribution in [0, 0.1) is 6.92 Å². The zero-order chi connectivity index (χ0) is 15.5. The van der Waals surface area contributed by atoms with E-state index in [0.717, 1.165) is 39.3 Å². The maximum Gasteiger partial charge on any atom is 0.0589 e. The first-order valence-electron chi connectivity index (χ1n) is 7.65. The number of rotatable bonds is 11. The molecule has 0 heterocycles. The van der Waals surface area contributed by atoms with Gasteiger partial charge in [0.2, 0.25) is 0 Å². The third-order valence-electron chi connectivity index (χ3n) is 3.70. The largest absolute Gasteiger partial charge is 0.385 e. The van der Waals surface area contributed by atoms with E-state index < -0.39 is 0 Å². The van der Waals surface area contributed by atoms with Gasteiger partial charge in [-0.25, -0.2) is 0 Å². The first kappa shape index (κ1) is 18.1. The molecule has 0 aliphatic heterocycles. The molecule has 0 aliphatic carbocycles. The molecule has 0 amide bonds. The van der Waals surface area contributed by atoms with Gasteiger partial charge in [-0.3, -0.25) is 4.90 Å². The molecule has 0 aromatic heterocycles. The predicted octanol–water partition coefficient (Wildman–Crippen LogP) is 2.24. The number of methoxy groups -OCH3 is 2. The summed E-state index contributed by atoms with van der Waals surface area (Å²) in [6, 6.07) is 9.10. The molecule has 1 aromatic carbocycles. The smallest absolute Gasteiger partial charge is 0.0589 e. The van der Waals surface area contributed by atoms with Crippen molar-refractivity contribution < 1.29 is 9.47 Å². The monoisotopic (exact) mass is 294 g/mol. The number of benzene rings is 1. The van der Waals surface area contributed by atoms with E-state index in [0.29, 0.717) is 6.04 Å². The van der Waals surface area contributed by atoms with E-state index >= 15 is 0 Å². The van der Waals surface area contributed by atoms with Crippen molar-refractivity contribution in [2.24, 2.45) is 0 Å². The number of hydrogen-bond donors (Lipinski definition) is 1. The quantitative estimate of drug-likeness (QED) is 0.635. The Morgan fingerprint density at radius 3 is 2.29 bits per heavy atom. The molecule has 4 nitrogen and oxygen atoms in total. The van der Waals surface area contributed by atoms with Crippen LogP contribution in [-0.2, 0) is 9.47 Å². The lowest BCUT2D eigenvalue weighted by Crippen LogP contribution is -2.37. The summed E-state index contributed by atoms with van der Waals surface area (Å²) in [6.07, 6.45) is 1.05. The molecule has 1 unspecified atom stereocenters. The van der Waals surface area contributed by atoms with Crippen LogP contribution in [0.2, 0.25) is 0 Å². The second-order valence-electron chi connectivity index (χ2n) is 5.39. The van der Waals surface area contributed by atoms with Crippen LogP contribution in [0.4, 0.5) is 0 Å². The Labute approximate surface area is 129 Å². The molecule has 120 valence electrons. The van der Waals surface area contributed by atoms with Crippen LogP contribution in [0.3, 0.4) is 0 Å². The average molecular weight is 294 g/mol. The molecule has 21 heavy (non-hydrogen) atoms. The Hall–Kier alpha value is -0.940. The van der Waals surface area contributed by atoms with Crippen molar-refractivity contribution >= 4 is 0 Å². The fourth-order valence-electron chi connectivity index (χ4n) is 2.37. The summed E-state index contributed by atoms with van der Waals surface area (Å²) in [5.74, 6) is 0. The maximum absolute atomic E-state index is 5.22. The molecule has 0 spiro atoms. The van der Waals surface area contributed by atoms with Crippen LogP contribution in [-0.4, -0.2) is 59.0 Å². The normalized spacial score (nSPS) is 12.8. The van der Waals surface area contributed by atoms with Gasteiger partial charge in [-0.15, -0.1) is 0 Å². The minimum atomic E-state index is 0.338. The van der Waals surface area contributed by atoms with Crippen LogP contribution >= 0.6 is 0 Å². The molecule has 1 N–H and O–H groups in total. The summed E-state index contributed by atoms with van der Waals surface area (Å²) < 4.78 is 10.4. The van der Waals surface area contributed by atoms with E-state index in [1.807, 2.05) is 7.05 Å². The van der Waals surface area contributed by atoms with Gasteiger partial charge in [0.1, 0.15) is 0 Å². The van der Waals surface area contributed by atoms with E-state index in [1.165, 1.54) is 11.1 Å². The molecule has 0 aliphatic rings. The van der Waals surface area contributed by atoms with Crippen molar-refractivity contribution in [2.45, 2.75) is 19.4 Å². The number of nitrogens with one attached hydrogen (secondary N) is 1. The highest BCUT2D eigenvalue weighted by molar-refractivity contribution is 5.24. The Bertz CT molecular complexity index is 368.